The van der Waals surface area contributed by atoms with Crippen molar-refractivity contribution in [3.63, 3.8) is 0 Å². The molecule has 0 saturated carbocycles. The standard InChI is InChI=1S/C22H19N3OS/c1-16-15-19(27-21(16)18-9-5-6-12-23-18)22-24-13-10-20(26)25(22)14-11-17-7-3-2-4-8-17/h2-10,12-13,15H,11,14H2,1H3. The third-order valence-corrected chi connectivity index (χ3v) is 5.69. The maximum atomic E-state index is 12.5. The van der Waals surface area contributed by atoms with Crippen LogP contribution in [0.1, 0.15) is 11.1 Å². The number of aromatic nitrogens is 3. The molecule has 3 aromatic heterocycles. The molecule has 0 fully saturated rings. The van der Waals surface area contributed by atoms with Crippen LogP contribution >= 0.6 is 11.3 Å². The Labute approximate surface area is 161 Å². The highest BCUT2D eigenvalue weighted by molar-refractivity contribution is 7.18. The molecule has 0 aliphatic heterocycles. The number of hydrogen-bond donors (Lipinski definition) is 0. The van der Waals surface area contributed by atoms with Crippen LogP contribution in [0.3, 0.4) is 0 Å². The lowest BCUT2D eigenvalue weighted by Crippen LogP contribution is -2.22. The fourth-order valence-electron chi connectivity index (χ4n) is 3.08. The summed E-state index contributed by atoms with van der Waals surface area (Å²) in [5.74, 6) is 0.716. The molecular formula is C22H19N3OS. The van der Waals surface area contributed by atoms with Gasteiger partial charge in [0.1, 0.15) is 0 Å². The van der Waals surface area contributed by atoms with Crippen molar-refractivity contribution in [2.75, 3.05) is 0 Å². The van der Waals surface area contributed by atoms with Crippen molar-refractivity contribution in [3.8, 4) is 21.3 Å². The van der Waals surface area contributed by atoms with Gasteiger partial charge in [-0.1, -0.05) is 36.4 Å². The maximum absolute atomic E-state index is 12.5. The van der Waals surface area contributed by atoms with E-state index in [0.29, 0.717) is 12.4 Å². The van der Waals surface area contributed by atoms with Gasteiger partial charge in [-0.2, -0.15) is 0 Å². The van der Waals surface area contributed by atoms with Crippen molar-refractivity contribution in [1.29, 1.82) is 0 Å². The van der Waals surface area contributed by atoms with E-state index in [1.54, 1.807) is 28.3 Å². The molecule has 0 unspecified atom stereocenters. The second kappa shape index (κ2) is 7.68. The zero-order valence-electron chi connectivity index (χ0n) is 15.0. The highest BCUT2D eigenvalue weighted by Crippen LogP contribution is 2.35. The summed E-state index contributed by atoms with van der Waals surface area (Å²) in [6, 6.07) is 19.7. The van der Waals surface area contributed by atoms with Crippen LogP contribution in [-0.2, 0) is 13.0 Å². The normalized spacial score (nSPS) is 10.9. The molecule has 4 nitrogen and oxygen atoms in total. The van der Waals surface area contributed by atoms with E-state index in [1.165, 1.54) is 11.6 Å². The van der Waals surface area contributed by atoms with Crippen LogP contribution in [0.2, 0.25) is 0 Å². The lowest BCUT2D eigenvalue weighted by Gasteiger charge is -2.10. The Morgan fingerprint density at radius 2 is 1.78 bits per heavy atom. The Balaban J connectivity index is 1.70. The number of aryl methyl sites for hydroxylation is 2. The molecule has 1 aromatic carbocycles. The van der Waals surface area contributed by atoms with Gasteiger partial charge in [0.2, 0.25) is 0 Å². The Kier molecular flexibility index (Phi) is 4.94. The minimum atomic E-state index is -0.0265. The Morgan fingerprint density at radius 1 is 0.963 bits per heavy atom. The molecule has 5 heteroatoms. The number of rotatable bonds is 5. The monoisotopic (exact) mass is 373 g/mol. The van der Waals surface area contributed by atoms with Gasteiger partial charge >= 0.3 is 0 Å². The molecule has 27 heavy (non-hydrogen) atoms. The van der Waals surface area contributed by atoms with Gasteiger partial charge in [-0.3, -0.25) is 14.3 Å². The molecular weight excluding hydrogens is 354 g/mol. The number of nitrogens with zero attached hydrogens (tertiary/aromatic N) is 3. The van der Waals surface area contributed by atoms with E-state index in [0.717, 1.165) is 27.4 Å². The molecule has 0 radical (unpaired) electrons. The molecule has 0 spiro atoms. The SMILES string of the molecule is Cc1cc(-c2nccc(=O)n2CCc2ccccc2)sc1-c1ccccn1. The van der Waals surface area contributed by atoms with E-state index in [4.69, 9.17) is 0 Å². The van der Waals surface area contributed by atoms with Gasteiger partial charge in [0, 0.05) is 25.0 Å². The predicted octanol–water partition coefficient (Wildman–Crippen LogP) is 4.58. The van der Waals surface area contributed by atoms with E-state index >= 15 is 0 Å². The Morgan fingerprint density at radius 3 is 2.56 bits per heavy atom. The lowest BCUT2D eigenvalue weighted by atomic mass is 10.1. The number of pyridine rings is 1. The van der Waals surface area contributed by atoms with Gasteiger partial charge in [-0.05, 0) is 42.7 Å². The summed E-state index contributed by atoms with van der Waals surface area (Å²) < 4.78 is 1.76. The molecule has 0 N–H and O–H groups in total. The van der Waals surface area contributed by atoms with E-state index in [2.05, 4.69) is 35.1 Å². The summed E-state index contributed by atoms with van der Waals surface area (Å²) in [7, 11) is 0. The lowest BCUT2D eigenvalue weighted by molar-refractivity contribution is 0.664. The van der Waals surface area contributed by atoms with Crippen LogP contribution in [0.5, 0.6) is 0 Å². The molecule has 0 amide bonds. The third-order valence-electron chi connectivity index (χ3n) is 4.44. The van der Waals surface area contributed by atoms with E-state index in [1.807, 2.05) is 36.4 Å². The fourth-order valence-corrected chi connectivity index (χ4v) is 4.23. The van der Waals surface area contributed by atoms with Crippen molar-refractivity contribution >= 4 is 11.3 Å². The molecule has 134 valence electrons. The highest BCUT2D eigenvalue weighted by Gasteiger charge is 2.14. The van der Waals surface area contributed by atoms with Crippen molar-refractivity contribution in [1.82, 2.24) is 14.5 Å². The second-order valence-electron chi connectivity index (χ2n) is 6.33. The average Bonchev–Trinajstić information content (AvgIpc) is 3.10. The first-order valence-electron chi connectivity index (χ1n) is 8.84. The highest BCUT2D eigenvalue weighted by atomic mass is 32.1. The predicted molar refractivity (Wildman–Crippen MR) is 110 cm³/mol. The van der Waals surface area contributed by atoms with E-state index in [9.17, 15) is 4.79 Å². The third kappa shape index (κ3) is 3.73. The summed E-state index contributed by atoms with van der Waals surface area (Å²) in [6.07, 6.45) is 4.17. The molecule has 0 bridgehead atoms. The topological polar surface area (TPSA) is 47.8 Å². The van der Waals surface area contributed by atoms with Gasteiger partial charge in [0.25, 0.3) is 5.56 Å². The summed E-state index contributed by atoms with van der Waals surface area (Å²) >= 11 is 1.63. The van der Waals surface area contributed by atoms with Crippen LogP contribution < -0.4 is 5.56 Å². The average molecular weight is 373 g/mol. The van der Waals surface area contributed by atoms with Crippen molar-refractivity contribution in [2.45, 2.75) is 19.9 Å². The summed E-state index contributed by atoms with van der Waals surface area (Å²) in [5.41, 5.74) is 3.26. The molecule has 0 aliphatic carbocycles. The quantitative estimate of drug-likeness (QED) is 0.514. The van der Waals surface area contributed by atoms with Crippen molar-refractivity contribution in [3.05, 3.63) is 94.5 Å². The van der Waals surface area contributed by atoms with Crippen LogP contribution in [-0.4, -0.2) is 14.5 Å². The van der Waals surface area contributed by atoms with Crippen molar-refractivity contribution in [2.24, 2.45) is 0 Å². The van der Waals surface area contributed by atoms with E-state index in [-0.39, 0.29) is 5.56 Å². The minimum absolute atomic E-state index is 0.0265. The largest absolute Gasteiger partial charge is 0.292 e. The zero-order chi connectivity index (χ0) is 18.6. The van der Waals surface area contributed by atoms with Crippen LogP contribution in [0.25, 0.3) is 21.3 Å². The smallest absolute Gasteiger partial charge is 0.253 e. The van der Waals surface area contributed by atoms with E-state index < -0.39 is 0 Å². The van der Waals surface area contributed by atoms with Gasteiger partial charge in [0.15, 0.2) is 5.82 Å². The van der Waals surface area contributed by atoms with Gasteiger partial charge < -0.3 is 0 Å². The molecule has 4 rings (SSSR count). The summed E-state index contributed by atoms with van der Waals surface area (Å²) in [4.78, 5) is 23.6. The van der Waals surface area contributed by atoms with Gasteiger partial charge in [-0.25, -0.2) is 4.98 Å². The first kappa shape index (κ1) is 17.4. The molecule has 0 atom stereocenters. The van der Waals surface area contributed by atoms with Gasteiger partial charge in [0.05, 0.1) is 15.4 Å². The molecule has 3 heterocycles. The fraction of sp³-hybridized carbons (Fsp3) is 0.136. The first-order valence-corrected chi connectivity index (χ1v) is 9.66. The number of benzene rings is 1. The molecule has 4 aromatic rings. The number of thiophene rings is 1. The summed E-state index contributed by atoms with van der Waals surface area (Å²) in [5, 5.41) is 0. The summed E-state index contributed by atoms with van der Waals surface area (Å²) in [6.45, 7) is 2.67. The number of hydrogen-bond acceptors (Lipinski definition) is 4. The van der Waals surface area contributed by atoms with Gasteiger partial charge in [-0.15, -0.1) is 11.3 Å². The Hall–Kier alpha value is -3.05. The maximum Gasteiger partial charge on any atom is 0.253 e. The second-order valence-corrected chi connectivity index (χ2v) is 7.38. The molecule has 0 saturated heterocycles. The molecule has 0 aliphatic rings. The van der Waals surface area contributed by atoms with Crippen LogP contribution in [0.15, 0.2) is 77.9 Å². The van der Waals surface area contributed by atoms with Crippen molar-refractivity contribution < 1.29 is 0 Å². The minimum Gasteiger partial charge on any atom is -0.292 e. The van der Waals surface area contributed by atoms with Crippen LogP contribution in [0, 0.1) is 6.92 Å². The first-order chi connectivity index (χ1) is 13.2. The zero-order valence-corrected chi connectivity index (χ0v) is 15.8. The Bertz CT molecular complexity index is 1100. The van der Waals surface area contributed by atoms with Crippen LogP contribution in [0.4, 0.5) is 0 Å².